The third-order valence-electron chi connectivity index (χ3n) is 3.94. The van der Waals surface area contributed by atoms with Gasteiger partial charge in [0.2, 0.25) is 0 Å². The number of hydrogen-bond donors (Lipinski definition) is 1. The van der Waals surface area contributed by atoms with Crippen LogP contribution in [0.1, 0.15) is 38.5 Å². The number of benzene rings is 1. The summed E-state index contributed by atoms with van der Waals surface area (Å²) in [6.07, 6.45) is 2.52. The summed E-state index contributed by atoms with van der Waals surface area (Å²) in [7, 11) is 0. The number of nitrogens with one attached hydrogen (secondary N) is 1. The van der Waals surface area contributed by atoms with Crippen molar-refractivity contribution >= 4 is 22.6 Å². The third-order valence-corrected chi connectivity index (χ3v) is 4.24. The van der Waals surface area contributed by atoms with E-state index < -0.39 is 0 Å². The van der Waals surface area contributed by atoms with E-state index in [-0.39, 0.29) is 0 Å². The van der Waals surface area contributed by atoms with Crippen molar-refractivity contribution in [3.8, 4) is 0 Å². The van der Waals surface area contributed by atoms with Crippen LogP contribution < -0.4 is 5.32 Å². The Kier molecular flexibility index (Phi) is 2.87. The van der Waals surface area contributed by atoms with Crippen LogP contribution in [-0.2, 0) is 0 Å². The molecule has 0 radical (unpaired) electrons. The van der Waals surface area contributed by atoms with Gasteiger partial charge in [-0.05, 0) is 36.9 Å². The molecule has 1 atom stereocenters. The lowest BCUT2D eigenvalue weighted by atomic mass is 9.96. The van der Waals surface area contributed by atoms with E-state index in [1.54, 1.807) is 0 Å². The van der Waals surface area contributed by atoms with E-state index in [0.717, 1.165) is 23.3 Å². The van der Waals surface area contributed by atoms with Crippen molar-refractivity contribution in [2.75, 3.05) is 6.54 Å². The lowest BCUT2D eigenvalue weighted by Crippen LogP contribution is -2.27. The van der Waals surface area contributed by atoms with Crippen molar-refractivity contribution in [1.82, 2.24) is 5.32 Å². The maximum Gasteiger partial charge on any atom is 0.152 e. The van der Waals surface area contributed by atoms with Crippen LogP contribution in [0, 0.1) is 5.41 Å². The predicted octanol–water partition coefficient (Wildman–Crippen LogP) is 4.54. The van der Waals surface area contributed by atoms with Crippen molar-refractivity contribution in [1.29, 1.82) is 0 Å². The Labute approximate surface area is 112 Å². The largest absolute Gasteiger partial charge is 0.458 e. The molecule has 1 heterocycles. The summed E-state index contributed by atoms with van der Waals surface area (Å²) < 4.78 is 5.99. The molecule has 3 rings (SSSR count). The van der Waals surface area contributed by atoms with Crippen LogP contribution in [0.25, 0.3) is 11.0 Å². The highest BCUT2D eigenvalue weighted by molar-refractivity contribution is 6.34. The first-order valence-electron chi connectivity index (χ1n) is 6.55. The van der Waals surface area contributed by atoms with Gasteiger partial charge in [-0.1, -0.05) is 37.6 Å². The number of hydrogen-bond acceptors (Lipinski definition) is 2. The molecule has 2 aromatic rings. The Balaban J connectivity index is 2.04. The summed E-state index contributed by atoms with van der Waals surface area (Å²) in [6.45, 7) is 5.40. The Morgan fingerprint density at radius 3 is 2.83 bits per heavy atom. The summed E-state index contributed by atoms with van der Waals surface area (Å²) in [4.78, 5) is 0. The van der Waals surface area contributed by atoms with E-state index in [2.05, 4.69) is 25.2 Å². The number of furan rings is 1. The van der Waals surface area contributed by atoms with E-state index >= 15 is 0 Å². The van der Waals surface area contributed by atoms with Crippen LogP contribution in [0.3, 0.4) is 0 Å². The normalized spacial score (nSPS) is 19.1. The highest BCUT2D eigenvalue weighted by Crippen LogP contribution is 2.55. The molecule has 1 aromatic heterocycles. The van der Waals surface area contributed by atoms with Crippen molar-refractivity contribution in [3.05, 3.63) is 35.0 Å². The van der Waals surface area contributed by atoms with Crippen LogP contribution in [0.4, 0.5) is 0 Å². The molecule has 18 heavy (non-hydrogen) atoms. The van der Waals surface area contributed by atoms with Crippen LogP contribution in [0.2, 0.25) is 5.02 Å². The first-order valence-corrected chi connectivity index (χ1v) is 6.93. The summed E-state index contributed by atoms with van der Waals surface area (Å²) >= 11 is 6.17. The molecular weight excluding hydrogens is 246 g/mol. The Hall–Kier alpha value is -0.990. The molecule has 1 saturated carbocycles. The molecule has 0 spiro atoms. The molecule has 1 aliphatic rings. The minimum absolute atomic E-state index is 0.297. The molecule has 1 aliphatic carbocycles. The summed E-state index contributed by atoms with van der Waals surface area (Å²) in [6, 6.07) is 8.31. The molecule has 1 unspecified atom stereocenters. The number of para-hydroxylation sites is 1. The standard InChI is InChI=1S/C15H18ClNO/c1-3-17-14(15(2)7-8-15)12-9-10-5-4-6-11(16)13(10)18-12/h4-6,9,14,17H,3,7-8H2,1-2H3. The molecule has 0 aliphatic heterocycles. The fourth-order valence-corrected chi connectivity index (χ4v) is 2.79. The molecule has 1 aromatic carbocycles. The molecule has 3 heteroatoms. The van der Waals surface area contributed by atoms with Gasteiger partial charge < -0.3 is 9.73 Å². The molecule has 96 valence electrons. The molecule has 2 nitrogen and oxygen atoms in total. The highest BCUT2D eigenvalue weighted by atomic mass is 35.5. The van der Waals surface area contributed by atoms with Crippen LogP contribution in [0.15, 0.2) is 28.7 Å². The van der Waals surface area contributed by atoms with E-state index in [1.165, 1.54) is 12.8 Å². The predicted molar refractivity (Wildman–Crippen MR) is 75.0 cm³/mol. The monoisotopic (exact) mass is 263 g/mol. The fourth-order valence-electron chi connectivity index (χ4n) is 2.57. The molecule has 0 saturated heterocycles. The summed E-state index contributed by atoms with van der Waals surface area (Å²) in [5.74, 6) is 1.01. The van der Waals surface area contributed by atoms with Crippen LogP contribution in [0.5, 0.6) is 0 Å². The summed E-state index contributed by atoms with van der Waals surface area (Å²) in [5.41, 5.74) is 1.15. The van der Waals surface area contributed by atoms with Gasteiger partial charge in [0, 0.05) is 5.39 Å². The molecule has 1 fully saturated rings. The maximum absolute atomic E-state index is 6.17. The average molecular weight is 264 g/mol. The fraction of sp³-hybridized carbons (Fsp3) is 0.467. The van der Waals surface area contributed by atoms with Gasteiger partial charge in [0.25, 0.3) is 0 Å². The maximum atomic E-state index is 6.17. The van der Waals surface area contributed by atoms with Gasteiger partial charge in [0.15, 0.2) is 5.58 Å². The lowest BCUT2D eigenvalue weighted by Gasteiger charge is -2.22. The Bertz CT molecular complexity index is 571. The minimum atomic E-state index is 0.297. The minimum Gasteiger partial charge on any atom is -0.458 e. The average Bonchev–Trinajstić information content (AvgIpc) is 2.92. The second kappa shape index (κ2) is 4.29. The number of halogens is 1. The Morgan fingerprint density at radius 2 is 2.22 bits per heavy atom. The smallest absolute Gasteiger partial charge is 0.152 e. The van der Waals surface area contributed by atoms with E-state index in [4.69, 9.17) is 16.0 Å². The van der Waals surface area contributed by atoms with E-state index in [0.29, 0.717) is 16.5 Å². The van der Waals surface area contributed by atoms with Crippen molar-refractivity contribution < 1.29 is 4.42 Å². The van der Waals surface area contributed by atoms with Gasteiger partial charge >= 0.3 is 0 Å². The van der Waals surface area contributed by atoms with Gasteiger partial charge in [-0.3, -0.25) is 0 Å². The van der Waals surface area contributed by atoms with Crippen molar-refractivity contribution in [2.24, 2.45) is 5.41 Å². The summed E-state index contributed by atoms with van der Waals surface area (Å²) in [5, 5.41) is 5.32. The zero-order valence-electron chi connectivity index (χ0n) is 10.8. The number of rotatable bonds is 4. The first kappa shape index (κ1) is 12.1. The molecular formula is C15H18ClNO. The topological polar surface area (TPSA) is 25.2 Å². The van der Waals surface area contributed by atoms with Crippen LogP contribution >= 0.6 is 11.6 Å². The van der Waals surface area contributed by atoms with Crippen LogP contribution in [-0.4, -0.2) is 6.54 Å². The quantitative estimate of drug-likeness (QED) is 0.876. The number of fused-ring (bicyclic) bond motifs is 1. The second-order valence-electron chi connectivity index (χ2n) is 5.45. The zero-order chi connectivity index (χ0) is 12.8. The Morgan fingerprint density at radius 1 is 1.44 bits per heavy atom. The molecule has 1 N–H and O–H groups in total. The van der Waals surface area contributed by atoms with Gasteiger partial charge in [0.1, 0.15) is 5.76 Å². The third kappa shape index (κ3) is 1.94. The van der Waals surface area contributed by atoms with Gasteiger partial charge in [-0.15, -0.1) is 0 Å². The van der Waals surface area contributed by atoms with E-state index in [9.17, 15) is 0 Å². The molecule has 0 amide bonds. The second-order valence-corrected chi connectivity index (χ2v) is 5.86. The lowest BCUT2D eigenvalue weighted by molar-refractivity contribution is 0.321. The first-order chi connectivity index (χ1) is 8.64. The van der Waals surface area contributed by atoms with Gasteiger partial charge in [-0.2, -0.15) is 0 Å². The SMILES string of the molecule is CCNC(c1cc2cccc(Cl)c2o1)C1(C)CC1. The van der Waals surface area contributed by atoms with Crippen molar-refractivity contribution in [2.45, 2.75) is 32.7 Å². The van der Waals surface area contributed by atoms with Gasteiger partial charge in [0.05, 0.1) is 11.1 Å². The van der Waals surface area contributed by atoms with Crippen molar-refractivity contribution in [3.63, 3.8) is 0 Å². The zero-order valence-corrected chi connectivity index (χ0v) is 11.6. The van der Waals surface area contributed by atoms with Gasteiger partial charge in [-0.25, -0.2) is 0 Å². The molecule has 0 bridgehead atoms. The van der Waals surface area contributed by atoms with E-state index in [1.807, 2.05) is 18.2 Å². The highest BCUT2D eigenvalue weighted by Gasteiger charge is 2.46.